The second-order valence-electron chi connectivity index (χ2n) is 5.49. The molecule has 0 aromatic carbocycles. The number of morpholine rings is 1. The van der Waals surface area contributed by atoms with E-state index >= 15 is 0 Å². The summed E-state index contributed by atoms with van der Waals surface area (Å²) in [5, 5.41) is 4.06. The summed E-state index contributed by atoms with van der Waals surface area (Å²) in [5.41, 5.74) is 6.17. The van der Waals surface area contributed by atoms with Crippen LogP contribution in [0.5, 0.6) is 0 Å². The monoisotopic (exact) mass is 266 g/mol. The first-order valence-electron chi connectivity index (χ1n) is 7.22. The van der Waals surface area contributed by atoms with Crippen molar-refractivity contribution in [3.63, 3.8) is 0 Å². The minimum Gasteiger partial charge on any atom is -0.379 e. The van der Waals surface area contributed by atoms with E-state index in [1.54, 1.807) is 0 Å². The van der Waals surface area contributed by atoms with Crippen LogP contribution in [0.3, 0.4) is 0 Å². The lowest BCUT2D eigenvalue weighted by molar-refractivity contribution is 0.0348. The standard InChI is InChI=1S/C13H22N4O2/c14-11(9-17-5-7-18-8-6-17)12-15-13(19-16-12)10-3-1-2-4-10/h10-11H,1-9,14H2. The molecular formula is C13H22N4O2. The van der Waals surface area contributed by atoms with Crippen LogP contribution in [0.15, 0.2) is 4.52 Å². The van der Waals surface area contributed by atoms with Gasteiger partial charge in [-0.25, -0.2) is 0 Å². The third-order valence-corrected chi connectivity index (χ3v) is 4.05. The van der Waals surface area contributed by atoms with Crippen LogP contribution in [0.25, 0.3) is 0 Å². The molecule has 0 radical (unpaired) electrons. The van der Waals surface area contributed by atoms with Gasteiger partial charge < -0.3 is 15.0 Å². The molecule has 2 N–H and O–H groups in total. The number of aromatic nitrogens is 2. The summed E-state index contributed by atoms with van der Waals surface area (Å²) < 4.78 is 10.7. The first-order chi connectivity index (χ1) is 9.33. The lowest BCUT2D eigenvalue weighted by atomic mass is 10.1. The van der Waals surface area contributed by atoms with E-state index in [0.717, 1.165) is 38.7 Å². The molecule has 1 aliphatic heterocycles. The summed E-state index contributed by atoms with van der Waals surface area (Å²) in [6, 6.07) is -0.169. The first kappa shape index (κ1) is 13.0. The number of rotatable bonds is 4. The summed E-state index contributed by atoms with van der Waals surface area (Å²) in [6.45, 7) is 4.20. The average Bonchev–Trinajstić information content (AvgIpc) is 3.11. The smallest absolute Gasteiger partial charge is 0.229 e. The van der Waals surface area contributed by atoms with E-state index in [1.165, 1.54) is 25.7 Å². The molecule has 2 aliphatic rings. The molecule has 1 saturated carbocycles. The van der Waals surface area contributed by atoms with Crippen molar-refractivity contribution in [2.24, 2.45) is 5.73 Å². The van der Waals surface area contributed by atoms with E-state index in [0.29, 0.717) is 11.7 Å². The van der Waals surface area contributed by atoms with Crippen LogP contribution in [0.4, 0.5) is 0 Å². The van der Waals surface area contributed by atoms with Crippen LogP contribution >= 0.6 is 0 Å². The molecule has 0 amide bonds. The van der Waals surface area contributed by atoms with Crippen LogP contribution in [-0.4, -0.2) is 47.9 Å². The van der Waals surface area contributed by atoms with Crippen molar-refractivity contribution in [1.29, 1.82) is 0 Å². The molecule has 1 aromatic rings. The fourth-order valence-electron chi connectivity index (χ4n) is 2.88. The van der Waals surface area contributed by atoms with Gasteiger partial charge >= 0.3 is 0 Å². The molecule has 1 aromatic heterocycles. The maximum absolute atomic E-state index is 6.17. The zero-order valence-corrected chi connectivity index (χ0v) is 11.3. The molecule has 1 unspecified atom stereocenters. The minimum absolute atomic E-state index is 0.169. The van der Waals surface area contributed by atoms with Gasteiger partial charge in [0, 0.05) is 25.6 Å². The third kappa shape index (κ3) is 3.13. The van der Waals surface area contributed by atoms with Crippen molar-refractivity contribution < 1.29 is 9.26 Å². The summed E-state index contributed by atoms with van der Waals surface area (Å²) >= 11 is 0. The van der Waals surface area contributed by atoms with Crippen molar-refractivity contribution in [3.05, 3.63) is 11.7 Å². The van der Waals surface area contributed by atoms with Gasteiger partial charge in [0.05, 0.1) is 19.3 Å². The zero-order chi connectivity index (χ0) is 13.1. The Morgan fingerprint density at radius 3 is 2.74 bits per heavy atom. The van der Waals surface area contributed by atoms with E-state index in [1.807, 2.05) is 0 Å². The summed E-state index contributed by atoms with van der Waals surface area (Å²) in [7, 11) is 0. The second kappa shape index (κ2) is 5.98. The number of ether oxygens (including phenoxy) is 1. The fourth-order valence-corrected chi connectivity index (χ4v) is 2.88. The SMILES string of the molecule is NC(CN1CCOCC1)c1noc(C2CCCC2)n1. The van der Waals surface area contributed by atoms with Gasteiger partial charge in [-0.05, 0) is 12.8 Å². The minimum atomic E-state index is -0.169. The summed E-state index contributed by atoms with van der Waals surface area (Å²) in [5.74, 6) is 1.88. The Kier molecular flexibility index (Phi) is 4.10. The Hall–Kier alpha value is -0.980. The maximum Gasteiger partial charge on any atom is 0.229 e. The van der Waals surface area contributed by atoms with Crippen molar-refractivity contribution in [2.75, 3.05) is 32.8 Å². The van der Waals surface area contributed by atoms with Crippen molar-refractivity contribution in [3.8, 4) is 0 Å². The van der Waals surface area contributed by atoms with E-state index in [2.05, 4.69) is 15.0 Å². The van der Waals surface area contributed by atoms with Gasteiger partial charge in [-0.3, -0.25) is 4.90 Å². The number of hydrogen-bond acceptors (Lipinski definition) is 6. The highest BCUT2D eigenvalue weighted by molar-refractivity contribution is 5.00. The molecule has 19 heavy (non-hydrogen) atoms. The molecule has 3 rings (SSSR count). The van der Waals surface area contributed by atoms with Gasteiger partial charge in [-0.15, -0.1) is 0 Å². The molecule has 0 bridgehead atoms. The lowest BCUT2D eigenvalue weighted by Crippen LogP contribution is -2.40. The highest BCUT2D eigenvalue weighted by Gasteiger charge is 2.25. The molecule has 6 nitrogen and oxygen atoms in total. The molecule has 2 heterocycles. The van der Waals surface area contributed by atoms with Gasteiger partial charge in [0.25, 0.3) is 0 Å². The van der Waals surface area contributed by atoms with Crippen molar-refractivity contribution in [2.45, 2.75) is 37.6 Å². The second-order valence-corrected chi connectivity index (χ2v) is 5.49. The van der Waals surface area contributed by atoms with Gasteiger partial charge in [0.1, 0.15) is 0 Å². The predicted octanol–water partition coefficient (Wildman–Crippen LogP) is 1.06. The molecule has 2 fully saturated rings. The lowest BCUT2D eigenvalue weighted by Gasteiger charge is -2.27. The molecule has 0 spiro atoms. The fraction of sp³-hybridized carbons (Fsp3) is 0.846. The van der Waals surface area contributed by atoms with Crippen LogP contribution in [-0.2, 0) is 4.74 Å². The van der Waals surface area contributed by atoms with Crippen molar-refractivity contribution in [1.82, 2.24) is 15.0 Å². The summed E-state index contributed by atoms with van der Waals surface area (Å²) in [6.07, 6.45) is 4.87. The quantitative estimate of drug-likeness (QED) is 0.878. The van der Waals surface area contributed by atoms with E-state index in [9.17, 15) is 0 Å². The van der Waals surface area contributed by atoms with Gasteiger partial charge in [0.15, 0.2) is 5.82 Å². The average molecular weight is 266 g/mol. The van der Waals surface area contributed by atoms with Crippen molar-refractivity contribution >= 4 is 0 Å². The Bertz CT molecular complexity index is 397. The first-order valence-corrected chi connectivity index (χ1v) is 7.22. The Balaban J connectivity index is 1.58. The molecule has 106 valence electrons. The van der Waals surface area contributed by atoms with Gasteiger partial charge in [-0.2, -0.15) is 4.98 Å². The topological polar surface area (TPSA) is 77.4 Å². The molecule has 1 aliphatic carbocycles. The highest BCUT2D eigenvalue weighted by atomic mass is 16.5. The Morgan fingerprint density at radius 2 is 2.00 bits per heavy atom. The normalized spacial score (nSPS) is 23.8. The van der Waals surface area contributed by atoms with Gasteiger partial charge in [0.2, 0.25) is 5.89 Å². The molecule has 1 saturated heterocycles. The Labute approximate surface area is 113 Å². The maximum atomic E-state index is 6.17. The van der Waals surface area contributed by atoms with Crippen LogP contribution in [0.2, 0.25) is 0 Å². The summed E-state index contributed by atoms with van der Waals surface area (Å²) in [4.78, 5) is 6.79. The zero-order valence-electron chi connectivity index (χ0n) is 11.3. The third-order valence-electron chi connectivity index (χ3n) is 4.05. The predicted molar refractivity (Wildman–Crippen MR) is 69.7 cm³/mol. The molecule has 1 atom stereocenters. The van der Waals surface area contributed by atoms with E-state index < -0.39 is 0 Å². The van der Waals surface area contributed by atoms with Crippen LogP contribution < -0.4 is 5.73 Å². The molecular weight excluding hydrogens is 244 g/mol. The largest absolute Gasteiger partial charge is 0.379 e. The van der Waals surface area contributed by atoms with E-state index in [4.69, 9.17) is 15.0 Å². The number of nitrogens with zero attached hydrogens (tertiary/aromatic N) is 3. The van der Waals surface area contributed by atoms with Crippen LogP contribution in [0, 0.1) is 0 Å². The Morgan fingerprint density at radius 1 is 1.26 bits per heavy atom. The van der Waals surface area contributed by atoms with Gasteiger partial charge in [-0.1, -0.05) is 18.0 Å². The highest BCUT2D eigenvalue weighted by Crippen LogP contribution is 2.33. The number of hydrogen-bond donors (Lipinski definition) is 1. The number of nitrogens with two attached hydrogens (primary N) is 1. The molecule has 6 heteroatoms. The van der Waals surface area contributed by atoms with E-state index in [-0.39, 0.29) is 6.04 Å². The van der Waals surface area contributed by atoms with Crippen LogP contribution in [0.1, 0.15) is 49.4 Å².